The molecule has 3 nitrogen and oxygen atoms in total. The Morgan fingerprint density at radius 2 is 1.75 bits per heavy atom. The molecule has 0 bridgehead atoms. The number of aliphatic hydroxyl groups excluding tert-OH is 1. The molecule has 0 aliphatic carbocycles. The molecule has 2 unspecified atom stereocenters. The zero-order valence-corrected chi connectivity index (χ0v) is 13.3. The topological polar surface area (TPSA) is 49.3 Å². The number of benzene rings is 2. The SMILES string of the molecule is Cc1cc(C(=O)NC(C)CC(O)c2ccc(F)cc2)c(F)cc1F. The Hall–Kier alpha value is -2.34. The van der Waals surface area contributed by atoms with Gasteiger partial charge in [0.25, 0.3) is 5.91 Å². The van der Waals surface area contributed by atoms with Gasteiger partial charge in [-0.1, -0.05) is 12.1 Å². The van der Waals surface area contributed by atoms with Crippen molar-refractivity contribution in [3.63, 3.8) is 0 Å². The van der Waals surface area contributed by atoms with Crippen LogP contribution in [0.25, 0.3) is 0 Å². The average Bonchev–Trinajstić information content (AvgIpc) is 2.51. The van der Waals surface area contributed by atoms with E-state index in [0.29, 0.717) is 11.6 Å². The second kappa shape index (κ2) is 7.49. The summed E-state index contributed by atoms with van der Waals surface area (Å²) in [5.74, 6) is -2.76. The van der Waals surface area contributed by atoms with E-state index >= 15 is 0 Å². The Bertz CT molecular complexity index is 732. The molecule has 0 saturated heterocycles. The van der Waals surface area contributed by atoms with Crippen LogP contribution in [-0.4, -0.2) is 17.1 Å². The van der Waals surface area contributed by atoms with E-state index in [1.54, 1.807) is 6.92 Å². The van der Waals surface area contributed by atoms with Gasteiger partial charge in [-0.2, -0.15) is 0 Å². The first-order valence-electron chi connectivity index (χ1n) is 7.48. The summed E-state index contributed by atoms with van der Waals surface area (Å²) in [6, 6.07) is 6.72. The van der Waals surface area contributed by atoms with Crippen molar-refractivity contribution >= 4 is 5.91 Å². The third kappa shape index (κ3) is 4.35. The van der Waals surface area contributed by atoms with Crippen LogP contribution in [0.5, 0.6) is 0 Å². The highest BCUT2D eigenvalue weighted by molar-refractivity contribution is 5.94. The number of amides is 1. The van der Waals surface area contributed by atoms with Gasteiger partial charge < -0.3 is 10.4 Å². The molecule has 6 heteroatoms. The van der Waals surface area contributed by atoms with Crippen LogP contribution in [0.1, 0.15) is 40.9 Å². The lowest BCUT2D eigenvalue weighted by atomic mass is 10.0. The number of rotatable bonds is 5. The van der Waals surface area contributed by atoms with E-state index in [4.69, 9.17) is 0 Å². The molecule has 2 rings (SSSR count). The predicted octanol–water partition coefficient (Wildman–Crippen LogP) is 3.65. The number of aliphatic hydroxyl groups is 1. The Balaban J connectivity index is 2.01. The van der Waals surface area contributed by atoms with Crippen LogP contribution in [0, 0.1) is 24.4 Å². The Morgan fingerprint density at radius 3 is 2.38 bits per heavy atom. The summed E-state index contributed by atoms with van der Waals surface area (Å²) in [6.07, 6.45) is -0.736. The van der Waals surface area contributed by atoms with Crippen molar-refractivity contribution in [2.75, 3.05) is 0 Å². The summed E-state index contributed by atoms with van der Waals surface area (Å²) in [5.41, 5.74) is 0.430. The minimum absolute atomic E-state index is 0.166. The number of hydrogen-bond donors (Lipinski definition) is 2. The lowest BCUT2D eigenvalue weighted by Gasteiger charge is -2.18. The first-order valence-corrected chi connectivity index (χ1v) is 7.48. The normalized spacial score (nSPS) is 13.4. The highest BCUT2D eigenvalue weighted by Gasteiger charge is 2.19. The number of carbonyl (C=O) groups excluding carboxylic acids is 1. The summed E-state index contributed by atoms with van der Waals surface area (Å²) in [7, 11) is 0. The molecule has 0 spiro atoms. The van der Waals surface area contributed by atoms with Crippen molar-refractivity contribution < 1.29 is 23.1 Å². The molecule has 24 heavy (non-hydrogen) atoms. The van der Waals surface area contributed by atoms with Gasteiger partial charge >= 0.3 is 0 Å². The molecule has 0 fully saturated rings. The zero-order valence-electron chi connectivity index (χ0n) is 13.3. The van der Waals surface area contributed by atoms with E-state index < -0.39 is 35.5 Å². The quantitative estimate of drug-likeness (QED) is 0.875. The van der Waals surface area contributed by atoms with Crippen molar-refractivity contribution in [2.24, 2.45) is 0 Å². The summed E-state index contributed by atoms with van der Waals surface area (Å²) < 4.78 is 39.8. The molecule has 0 aliphatic rings. The maximum absolute atomic E-state index is 13.7. The van der Waals surface area contributed by atoms with Gasteiger partial charge in [-0.15, -0.1) is 0 Å². The second-order valence-corrected chi connectivity index (χ2v) is 5.76. The monoisotopic (exact) mass is 337 g/mol. The minimum Gasteiger partial charge on any atom is -0.388 e. The lowest BCUT2D eigenvalue weighted by Crippen LogP contribution is -2.34. The van der Waals surface area contributed by atoms with Gasteiger partial charge in [0.2, 0.25) is 0 Å². The fourth-order valence-corrected chi connectivity index (χ4v) is 2.35. The average molecular weight is 337 g/mol. The number of halogens is 3. The summed E-state index contributed by atoms with van der Waals surface area (Å²) in [4.78, 5) is 12.1. The predicted molar refractivity (Wildman–Crippen MR) is 84.0 cm³/mol. The second-order valence-electron chi connectivity index (χ2n) is 5.76. The largest absolute Gasteiger partial charge is 0.388 e. The van der Waals surface area contributed by atoms with E-state index in [9.17, 15) is 23.1 Å². The van der Waals surface area contributed by atoms with E-state index in [1.807, 2.05) is 0 Å². The molecule has 0 aliphatic heterocycles. The molecule has 2 aromatic rings. The van der Waals surface area contributed by atoms with Crippen LogP contribution in [0.3, 0.4) is 0 Å². The van der Waals surface area contributed by atoms with E-state index in [2.05, 4.69) is 5.32 Å². The van der Waals surface area contributed by atoms with Crippen molar-refractivity contribution in [1.82, 2.24) is 5.32 Å². The number of nitrogens with one attached hydrogen (secondary N) is 1. The molecule has 128 valence electrons. The van der Waals surface area contributed by atoms with E-state index in [0.717, 1.165) is 6.07 Å². The molecule has 0 saturated carbocycles. The third-order valence-electron chi connectivity index (χ3n) is 3.70. The van der Waals surface area contributed by atoms with Gasteiger partial charge in [0.15, 0.2) is 0 Å². The van der Waals surface area contributed by atoms with Crippen molar-refractivity contribution in [3.05, 3.63) is 70.5 Å². The van der Waals surface area contributed by atoms with E-state index in [1.165, 1.54) is 31.2 Å². The van der Waals surface area contributed by atoms with Crippen LogP contribution in [0.2, 0.25) is 0 Å². The van der Waals surface area contributed by atoms with Gasteiger partial charge in [-0.25, -0.2) is 13.2 Å². The molecule has 0 heterocycles. The van der Waals surface area contributed by atoms with Gasteiger partial charge in [-0.3, -0.25) is 4.79 Å². The summed E-state index contributed by atoms with van der Waals surface area (Å²) in [5, 5.41) is 12.7. The summed E-state index contributed by atoms with van der Waals surface area (Å²) in [6.45, 7) is 3.09. The molecular formula is C18H18F3NO2. The van der Waals surface area contributed by atoms with Crippen molar-refractivity contribution in [2.45, 2.75) is 32.4 Å². The highest BCUT2D eigenvalue weighted by atomic mass is 19.1. The van der Waals surface area contributed by atoms with Gasteiger partial charge in [0.1, 0.15) is 17.5 Å². The van der Waals surface area contributed by atoms with Crippen LogP contribution in [0.4, 0.5) is 13.2 Å². The zero-order chi connectivity index (χ0) is 17.9. The maximum atomic E-state index is 13.7. The van der Waals surface area contributed by atoms with Crippen LogP contribution >= 0.6 is 0 Å². The smallest absolute Gasteiger partial charge is 0.254 e. The molecule has 2 N–H and O–H groups in total. The van der Waals surface area contributed by atoms with Gasteiger partial charge in [-0.05, 0) is 49.6 Å². The highest BCUT2D eigenvalue weighted by Crippen LogP contribution is 2.19. The van der Waals surface area contributed by atoms with Gasteiger partial charge in [0, 0.05) is 12.1 Å². The number of aryl methyl sites for hydroxylation is 1. The third-order valence-corrected chi connectivity index (χ3v) is 3.70. The maximum Gasteiger partial charge on any atom is 0.254 e. The Labute approximate surface area is 138 Å². The van der Waals surface area contributed by atoms with Crippen molar-refractivity contribution in [1.29, 1.82) is 0 Å². The van der Waals surface area contributed by atoms with Crippen molar-refractivity contribution in [3.8, 4) is 0 Å². The number of carbonyl (C=O) groups is 1. The Morgan fingerprint density at radius 1 is 1.12 bits per heavy atom. The molecule has 0 aromatic heterocycles. The Kier molecular flexibility index (Phi) is 5.62. The van der Waals surface area contributed by atoms with Crippen LogP contribution < -0.4 is 5.32 Å². The molecule has 1 amide bonds. The van der Waals surface area contributed by atoms with Gasteiger partial charge in [0.05, 0.1) is 11.7 Å². The molecule has 0 radical (unpaired) electrons. The first kappa shape index (κ1) is 18.0. The van der Waals surface area contributed by atoms with Crippen LogP contribution in [0.15, 0.2) is 36.4 Å². The molecule has 2 atom stereocenters. The fourth-order valence-electron chi connectivity index (χ4n) is 2.35. The molecule has 2 aromatic carbocycles. The first-order chi connectivity index (χ1) is 11.3. The minimum atomic E-state index is -0.943. The van der Waals surface area contributed by atoms with Crippen LogP contribution in [-0.2, 0) is 0 Å². The lowest BCUT2D eigenvalue weighted by molar-refractivity contribution is 0.0913. The summed E-state index contributed by atoms with van der Waals surface area (Å²) >= 11 is 0. The fraction of sp³-hybridized carbons (Fsp3) is 0.278. The van der Waals surface area contributed by atoms with E-state index in [-0.39, 0.29) is 17.5 Å². The standard InChI is InChI=1S/C18H18F3NO2/c1-10-7-14(16(21)9-15(10)20)18(24)22-11(2)8-17(23)12-3-5-13(19)6-4-12/h3-7,9,11,17,23H,8H2,1-2H3,(H,22,24). The number of hydrogen-bond acceptors (Lipinski definition) is 2. The molecular weight excluding hydrogens is 319 g/mol.